The summed E-state index contributed by atoms with van der Waals surface area (Å²) in [6, 6.07) is 13.4. The van der Waals surface area contributed by atoms with Gasteiger partial charge in [0.15, 0.2) is 0 Å². The van der Waals surface area contributed by atoms with E-state index < -0.39 is 0 Å². The molecule has 6 nitrogen and oxygen atoms in total. The number of likely N-dealkylation sites (tertiary alicyclic amines) is 1. The first-order chi connectivity index (χ1) is 12.3. The Morgan fingerprint density at radius 2 is 2.08 bits per heavy atom. The number of carbonyl (C=O) groups is 1. The van der Waals surface area contributed by atoms with Gasteiger partial charge in [0.05, 0.1) is 13.2 Å². The number of urea groups is 1. The molecule has 1 aliphatic rings. The monoisotopic (exact) mass is 340 g/mol. The molecule has 132 valence electrons. The molecule has 1 fully saturated rings. The van der Waals surface area contributed by atoms with Gasteiger partial charge in [-0.2, -0.15) is 0 Å². The van der Waals surface area contributed by atoms with E-state index in [1.807, 2.05) is 30.3 Å². The molecule has 0 aliphatic carbocycles. The highest BCUT2D eigenvalue weighted by atomic mass is 16.5. The summed E-state index contributed by atoms with van der Waals surface area (Å²) < 4.78 is 5.35. The van der Waals surface area contributed by atoms with Crippen LogP contribution in [0, 0.1) is 0 Å². The van der Waals surface area contributed by atoms with Crippen LogP contribution in [0.15, 0.2) is 48.7 Å². The SMILES string of the molecule is COc1cccc(C(CNC(=O)Nc2ccccn2)N2CCCC2)c1. The minimum Gasteiger partial charge on any atom is -0.497 e. The molecule has 1 aromatic carbocycles. The van der Waals surface area contributed by atoms with E-state index in [2.05, 4.69) is 26.6 Å². The molecule has 0 radical (unpaired) electrons. The Morgan fingerprint density at radius 3 is 2.80 bits per heavy atom. The molecule has 1 aliphatic heterocycles. The van der Waals surface area contributed by atoms with Crippen LogP contribution < -0.4 is 15.4 Å². The first kappa shape index (κ1) is 17.2. The zero-order chi connectivity index (χ0) is 17.5. The first-order valence-corrected chi connectivity index (χ1v) is 8.60. The van der Waals surface area contributed by atoms with Crippen LogP contribution in [0.2, 0.25) is 0 Å². The van der Waals surface area contributed by atoms with Crippen molar-refractivity contribution in [3.8, 4) is 5.75 Å². The van der Waals surface area contributed by atoms with E-state index in [0.29, 0.717) is 12.4 Å². The summed E-state index contributed by atoms with van der Waals surface area (Å²) in [4.78, 5) is 18.7. The first-order valence-electron chi connectivity index (χ1n) is 8.60. The van der Waals surface area contributed by atoms with Gasteiger partial charge in [0.25, 0.3) is 0 Å². The fourth-order valence-electron chi connectivity index (χ4n) is 3.15. The number of pyridine rings is 1. The predicted molar refractivity (Wildman–Crippen MR) is 97.8 cm³/mol. The van der Waals surface area contributed by atoms with Crippen LogP contribution in [-0.4, -0.2) is 42.7 Å². The van der Waals surface area contributed by atoms with Crippen molar-refractivity contribution < 1.29 is 9.53 Å². The molecular formula is C19H24N4O2. The minimum atomic E-state index is -0.245. The second kappa shape index (κ2) is 8.48. The summed E-state index contributed by atoms with van der Waals surface area (Å²) in [5, 5.41) is 5.73. The maximum atomic E-state index is 12.2. The van der Waals surface area contributed by atoms with Crippen LogP contribution in [-0.2, 0) is 0 Å². The van der Waals surface area contributed by atoms with Crippen LogP contribution in [0.1, 0.15) is 24.4 Å². The smallest absolute Gasteiger partial charge is 0.320 e. The second-order valence-corrected chi connectivity index (χ2v) is 6.09. The number of rotatable bonds is 6. The summed E-state index contributed by atoms with van der Waals surface area (Å²) in [5.41, 5.74) is 1.15. The van der Waals surface area contributed by atoms with Crippen LogP contribution in [0.25, 0.3) is 0 Å². The molecule has 2 amide bonds. The number of carbonyl (C=O) groups excluding carboxylic acids is 1. The second-order valence-electron chi connectivity index (χ2n) is 6.09. The van der Waals surface area contributed by atoms with Crippen LogP contribution in [0.5, 0.6) is 5.75 Å². The number of hydrogen-bond donors (Lipinski definition) is 2. The molecule has 0 spiro atoms. The maximum absolute atomic E-state index is 12.2. The average molecular weight is 340 g/mol. The summed E-state index contributed by atoms with van der Waals surface area (Å²) in [5.74, 6) is 1.37. The summed E-state index contributed by atoms with van der Waals surface area (Å²) in [6.07, 6.45) is 4.04. The van der Waals surface area contributed by atoms with Gasteiger partial charge < -0.3 is 10.1 Å². The lowest BCUT2D eigenvalue weighted by molar-refractivity contribution is 0.227. The minimum absolute atomic E-state index is 0.132. The lowest BCUT2D eigenvalue weighted by atomic mass is 10.1. The van der Waals surface area contributed by atoms with Gasteiger partial charge in [-0.3, -0.25) is 10.2 Å². The van der Waals surface area contributed by atoms with E-state index in [1.165, 1.54) is 12.8 Å². The number of ether oxygens (including phenoxy) is 1. The van der Waals surface area contributed by atoms with E-state index in [4.69, 9.17) is 4.74 Å². The van der Waals surface area contributed by atoms with Gasteiger partial charge in [0.1, 0.15) is 11.6 Å². The van der Waals surface area contributed by atoms with Gasteiger partial charge in [-0.1, -0.05) is 18.2 Å². The van der Waals surface area contributed by atoms with Crippen molar-refractivity contribution in [3.05, 3.63) is 54.2 Å². The van der Waals surface area contributed by atoms with Gasteiger partial charge in [0.2, 0.25) is 0 Å². The van der Waals surface area contributed by atoms with E-state index in [-0.39, 0.29) is 12.1 Å². The molecule has 3 rings (SSSR count). The molecule has 2 aromatic rings. The Bertz CT molecular complexity index is 687. The number of anilines is 1. The van der Waals surface area contributed by atoms with E-state index in [0.717, 1.165) is 24.4 Å². The third kappa shape index (κ3) is 4.70. The van der Waals surface area contributed by atoms with E-state index in [9.17, 15) is 4.79 Å². The number of methoxy groups -OCH3 is 1. The topological polar surface area (TPSA) is 66.5 Å². The molecule has 25 heavy (non-hydrogen) atoms. The fourth-order valence-corrected chi connectivity index (χ4v) is 3.15. The third-order valence-electron chi connectivity index (χ3n) is 4.42. The zero-order valence-corrected chi connectivity index (χ0v) is 14.4. The molecular weight excluding hydrogens is 316 g/mol. The standard InChI is InChI=1S/C19H24N4O2/c1-25-16-8-6-7-15(13-16)17(23-11-4-5-12-23)14-21-19(24)22-18-9-2-3-10-20-18/h2-3,6-10,13,17H,4-5,11-12,14H2,1H3,(H2,20,21,22,24). The van der Waals surface area contributed by atoms with Crippen molar-refractivity contribution in [2.24, 2.45) is 0 Å². The van der Waals surface area contributed by atoms with Gasteiger partial charge in [-0.15, -0.1) is 0 Å². The van der Waals surface area contributed by atoms with Crippen molar-refractivity contribution in [2.45, 2.75) is 18.9 Å². The number of amides is 2. The van der Waals surface area contributed by atoms with Gasteiger partial charge in [-0.25, -0.2) is 9.78 Å². The van der Waals surface area contributed by atoms with Gasteiger partial charge >= 0.3 is 6.03 Å². The molecule has 1 saturated heterocycles. The highest BCUT2D eigenvalue weighted by Crippen LogP contribution is 2.27. The quantitative estimate of drug-likeness (QED) is 0.848. The summed E-state index contributed by atoms with van der Waals surface area (Å²) >= 11 is 0. The number of aromatic nitrogens is 1. The Morgan fingerprint density at radius 1 is 1.24 bits per heavy atom. The van der Waals surface area contributed by atoms with Crippen molar-refractivity contribution in [3.63, 3.8) is 0 Å². The number of benzene rings is 1. The van der Waals surface area contributed by atoms with Crippen molar-refractivity contribution in [2.75, 3.05) is 32.1 Å². The summed E-state index contributed by atoms with van der Waals surface area (Å²) in [7, 11) is 1.67. The Hall–Kier alpha value is -2.60. The molecule has 0 bridgehead atoms. The molecule has 1 aromatic heterocycles. The van der Waals surface area contributed by atoms with Crippen molar-refractivity contribution in [1.29, 1.82) is 0 Å². The molecule has 0 saturated carbocycles. The Balaban J connectivity index is 1.66. The molecule has 6 heteroatoms. The highest BCUT2D eigenvalue weighted by molar-refractivity contribution is 5.88. The Labute approximate surface area is 148 Å². The fraction of sp³-hybridized carbons (Fsp3) is 0.368. The van der Waals surface area contributed by atoms with Crippen LogP contribution in [0.3, 0.4) is 0 Å². The molecule has 1 unspecified atom stereocenters. The van der Waals surface area contributed by atoms with E-state index >= 15 is 0 Å². The van der Waals surface area contributed by atoms with Crippen LogP contribution in [0.4, 0.5) is 10.6 Å². The lowest BCUT2D eigenvalue weighted by Gasteiger charge is -2.28. The number of hydrogen-bond acceptors (Lipinski definition) is 4. The van der Waals surface area contributed by atoms with Crippen LogP contribution >= 0.6 is 0 Å². The lowest BCUT2D eigenvalue weighted by Crippen LogP contribution is -2.38. The molecule has 2 N–H and O–H groups in total. The number of nitrogens with one attached hydrogen (secondary N) is 2. The summed E-state index contributed by atoms with van der Waals surface area (Å²) in [6.45, 7) is 2.63. The molecule has 2 heterocycles. The van der Waals surface area contributed by atoms with Crippen molar-refractivity contribution in [1.82, 2.24) is 15.2 Å². The largest absolute Gasteiger partial charge is 0.497 e. The van der Waals surface area contributed by atoms with E-state index in [1.54, 1.807) is 19.4 Å². The average Bonchev–Trinajstić information content (AvgIpc) is 3.17. The van der Waals surface area contributed by atoms with Crippen molar-refractivity contribution >= 4 is 11.8 Å². The van der Waals surface area contributed by atoms with Gasteiger partial charge in [0, 0.05) is 12.7 Å². The highest BCUT2D eigenvalue weighted by Gasteiger charge is 2.24. The predicted octanol–water partition coefficient (Wildman–Crippen LogP) is 3.05. The number of nitrogens with zero attached hydrogens (tertiary/aromatic N) is 2. The molecule has 1 atom stereocenters. The van der Waals surface area contributed by atoms with Gasteiger partial charge in [-0.05, 0) is 55.8 Å². The zero-order valence-electron chi connectivity index (χ0n) is 14.4. The Kier molecular flexibility index (Phi) is 5.85. The normalized spacial score (nSPS) is 15.6. The third-order valence-corrected chi connectivity index (χ3v) is 4.42. The maximum Gasteiger partial charge on any atom is 0.320 e.